The van der Waals surface area contributed by atoms with Crippen molar-refractivity contribution in [1.29, 1.82) is 0 Å². The van der Waals surface area contributed by atoms with Crippen molar-refractivity contribution in [2.45, 2.75) is 6.42 Å². The number of hydrogen-bond acceptors (Lipinski definition) is 6. The predicted molar refractivity (Wildman–Crippen MR) is 74.4 cm³/mol. The van der Waals surface area contributed by atoms with E-state index >= 15 is 0 Å². The first kappa shape index (κ1) is 13.6. The van der Waals surface area contributed by atoms with Crippen LogP contribution in [0.5, 0.6) is 0 Å². The third-order valence-corrected chi connectivity index (χ3v) is 3.13. The van der Waals surface area contributed by atoms with E-state index in [-0.39, 0.29) is 0 Å². The largest absolute Gasteiger partial charge is 0.424 e. The molecule has 0 aliphatic heterocycles. The Hall–Kier alpha value is -1.80. The summed E-state index contributed by atoms with van der Waals surface area (Å²) < 4.78 is 29.5. The molecule has 0 aliphatic carbocycles. The SMILES string of the molecule is CS(=O)(=O)NCCCNc1nc2cc(N)ccc2o1. The fourth-order valence-electron chi connectivity index (χ4n) is 1.56. The van der Waals surface area contributed by atoms with Crippen molar-refractivity contribution in [1.82, 2.24) is 9.71 Å². The molecule has 7 nitrogen and oxygen atoms in total. The summed E-state index contributed by atoms with van der Waals surface area (Å²) in [6.45, 7) is 0.934. The smallest absolute Gasteiger partial charge is 0.295 e. The van der Waals surface area contributed by atoms with E-state index in [1.54, 1.807) is 18.2 Å². The molecule has 4 N–H and O–H groups in total. The highest BCUT2D eigenvalue weighted by atomic mass is 32.2. The van der Waals surface area contributed by atoms with Crippen LogP contribution in [0.25, 0.3) is 11.1 Å². The lowest BCUT2D eigenvalue weighted by Gasteiger charge is -2.02. The van der Waals surface area contributed by atoms with Crippen molar-refractivity contribution in [3.05, 3.63) is 18.2 Å². The van der Waals surface area contributed by atoms with Crippen LogP contribution in [0.1, 0.15) is 6.42 Å². The zero-order valence-electron chi connectivity index (χ0n) is 10.5. The quantitative estimate of drug-likeness (QED) is 0.533. The van der Waals surface area contributed by atoms with Crippen molar-refractivity contribution >= 4 is 32.8 Å². The van der Waals surface area contributed by atoms with Gasteiger partial charge in [0.15, 0.2) is 5.58 Å². The van der Waals surface area contributed by atoms with Crippen LogP contribution in [-0.4, -0.2) is 32.7 Å². The highest BCUT2D eigenvalue weighted by molar-refractivity contribution is 7.88. The Balaban J connectivity index is 1.85. The first-order valence-electron chi connectivity index (χ1n) is 5.78. The molecule has 0 aliphatic rings. The van der Waals surface area contributed by atoms with Gasteiger partial charge in [0.1, 0.15) is 5.52 Å². The Bertz CT molecular complexity index is 666. The number of aromatic nitrogens is 1. The number of nitrogens with one attached hydrogen (secondary N) is 2. The number of hydrogen-bond donors (Lipinski definition) is 3. The molecule has 0 saturated heterocycles. The number of sulfonamides is 1. The molecule has 19 heavy (non-hydrogen) atoms. The monoisotopic (exact) mass is 284 g/mol. The summed E-state index contributed by atoms with van der Waals surface area (Å²) in [5, 5.41) is 2.99. The van der Waals surface area contributed by atoms with Gasteiger partial charge in [-0.25, -0.2) is 13.1 Å². The number of rotatable bonds is 6. The second kappa shape index (κ2) is 5.45. The fraction of sp³-hybridized carbons (Fsp3) is 0.364. The Labute approximate surface area is 111 Å². The number of nitrogens with two attached hydrogens (primary N) is 1. The highest BCUT2D eigenvalue weighted by Crippen LogP contribution is 2.20. The summed E-state index contributed by atoms with van der Waals surface area (Å²) in [7, 11) is -3.13. The molecule has 0 spiro atoms. The maximum Gasteiger partial charge on any atom is 0.295 e. The molecule has 0 bridgehead atoms. The zero-order valence-corrected chi connectivity index (χ0v) is 11.3. The molecule has 8 heteroatoms. The topological polar surface area (TPSA) is 110 Å². The minimum absolute atomic E-state index is 0.374. The number of nitrogen functional groups attached to an aromatic ring is 1. The summed E-state index contributed by atoms with van der Waals surface area (Å²) >= 11 is 0. The molecule has 0 atom stereocenters. The van der Waals surface area contributed by atoms with Crippen molar-refractivity contribution in [2.24, 2.45) is 0 Å². The summed E-state index contributed by atoms with van der Waals surface area (Å²) in [6.07, 6.45) is 1.76. The van der Waals surface area contributed by atoms with Crippen LogP contribution in [0.4, 0.5) is 11.7 Å². The number of benzene rings is 1. The zero-order chi connectivity index (χ0) is 13.9. The molecule has 1 aromatic heterocycles. The highest BCUT2D eigenvalue weighted by Gasteiger charge is 2.05. The average Bonchev–Trinajstić information content (AvgIpc) is 2.68. The van der Waals surface area contributed by atoms with Gasteiger partial charge < -0.3 is 15.5 Å². The van der Waals surface area contributed by atoms with Gasteiger partial charge >= 0.3 is 0 Å². The molecule has 104 valence electrons. The van der Waals surface area contributed by atoms with Gasteiger partial charge in [-0.05, 0) is 24.6 Å². The van der Waals surface area contributed by atoms with E-state index in [1.807, 2.05) is 0 Å². The van der Waals surface area contributed by atoms with E-state index in [0.29, 0.717) is 42.3 Å². The van der Waals surface area contributed by atoms with Crippen LogP contribution in [-0.2, 0) is 10.0 Å². The maximum atomic E-state index is 10.8. The standard InChI is InChI=1S/C11H16N4O3S/c1-19(16,17)14-6-2-5-13-11-15-9-7-8(12)3-4-10(9)18-11/h3-4,7,14H,2,5-6,12H2,1H3,(H,13,15). The van der Waals surface area contributed by atoms with E-state index in [4.69, 9.17) is 10.2 Å². The minimum atomic E-state index is -3.13. The first-order chi connectivity index (χ1) is 8.94. The molecule has 2 aromatic rings. The number of anilines is 2. The molecule has 0 fully saturated rings. The van der Waals surface area contributed by atoms with Crippen LogP contribution in [0.3, 0.4) is 0 Å². The Morgan fingerprint density at radius 1 is 1.37 bits per heavy atom. The number of oxazole rings is 1. The average molecular weight is 284 g/mol. The van der Waals surface area contributed by atoms with E-state index in [1.165, 1.54) is 0 Å². The summed E-state index contributed by atoms with van der Waals surface area (Å²) in [5.41, 5.74) is 7.63. The third-order valence-electron chi connectivity index (χ3n) is 2.41. The van der Waals surface area contributed by atoms with Crippen molar-refractivity contribution in [3.63, 3.8) is 0 Å². The lowest BCUT2D eigenvalue weighted by atomic mass is 10.3. The minimum Gasteiger partial charge on any atom is -0.424 e. The van der Waals surface area contributed by atoms with Crippen LogP contribution in [0, 0.1) is 0 Å². The second-order valence-electron chi connectivity index (χ2n) is 4.19. The van der Waals surface area contributed by atoms with E-state index in [0.717, 1.165) is 6.26 Å². The van der Waals surface area contributed by atoms with Crippen molar-refractivity contribution in [3.8, 4) is 0 Å². The molecule has 0 amide bonds. The van der Waals surface area contributed by atoms with E-state index in [9.17, 15) is 8.42 Å². The number of fused-ring (bicyclic) bond motifs is 1. The van der Waals surface area contributed by atoms with Crippen LogP contribution < -0.4 is 15.8 Å². The van der Waals surface area contributed by atoms with Gasteiger partial charge in [0.25, 0.3) is 6.01 Å². The molecular formula is C11H16N4O3S. The molecule has 0 radical (unpaired) electrons. The van der Waals surface area contributed by atoms with Gasteiger partial charge in [-0.3, -0.25) is 0 Å². The maximum absolute atomic E-state index is 10.8. The van der Waals surface area contributed by atoms with E-state index < -0.39 is 10.0 Å². The van der Waals surface area contributed by atoms with Crippen LogP contribution >= 0.6 is 0 Å². The summed E-state index contributed by atoms with van der Waals surface area (Å²) in [5.74, 6) is 0. The normalized spacial score (nSPS) is 11.8. The Kier molecular flexibility index (Phi) is 3.91. The Morgan fingerprint density at radius 3 is 2.89 bits per heavy atom. The lowest BCUT2D eigenvalue weighted by Crippen LogP contribution is -2.24. The first-order valence-corrected chi connectivity index (χ1v) is 7.68. The third kappa shape index (κ3) is 4.11. The van der Waals surface area contributed by atoms with Crippen molar-refractivity contribution < 1.29 is 12.8 Å². The second-order valence-corrected chi connectivity index (χ2v) is 6.03. The van der Waals surface area contributed by atoms with Crippen LogP contribution in [0.15, 0.2) is 22.6 Å². The van der Waals surface area contributed by atoms with Gasteiger partial charge in [-0.1, -0.05) is 0 Å². The van der Waals surface area contributed by atoms with Gasteiger partial charge in [0.2, 0.25) is 10.0 Å². The van der Waals surface area contributed by atoms with Gasteiger partial charge in [-0.15, -0.1) is 0 Å². The van der Waals surface area contributed by atoms with Gasteiger partial charge in [0.05, 0.1) is 6.26 Å². The van der Waals surface area contributed by atoms with Gasteiger partial charge in [-0.2, -0.15) is 4.98 Å². The van der Waals surface area contributed by atoms with Crippen LogP contribution in [0.2, 0.25) is 0 Å². The van der Waals surface area contributed by atoms with Crippen molar-refractivity contribution in [2.75, 3.05) is 30.4 Å². The summed E-state index contributed by atoms with van der Waals surface area (Å²) in [6, 6.07) is 5.64. The fourth-order valence-corrected chi connectivity index (χ4v) is 2.08. The molecule has 0 unspecified atom stereocenters. The molecule has 0 saturated carbocycles. The number of nitrogens with zero attached hydrogens (tertiary/aromatic N) is 1. The molecular weight excluding hydrogens is 268 g/mol. The summed E-state index contributed by atoms with van der Waals surface area (Å²) in [4.78, 5) is 4.22. The lowest BCUT2D eigenvalue weighted by molar-refractivity contribution is 0.585. The molecule has 1 heterocycles. The molecule has 1 aromatic carbocycles. The van der Waals surface area contributed by atoms with Gasteiger partial charge in [0, 0.05) is 18.8 Å². The Morgan fingerprint density at radius 2 is 2.16 bits per heavy atom. The predicted octanol–water partition coefficient (Wildman–Crippen LogP) is 0.761. The van der Waals surface area contributed by atoms with E-state index in [2.05, 4.69) is 15.0 Å². The molecule has 2 rings (SSSR count).